The standard InChI is InChI=1S/C22H26N2O5S/c1-28-22(25)21-15-17(23-13-5-6-14-23)16-24(21)30(26,27)20-11-9-19(10-12-20)29-18-7-3-2-4-8-18/h2-4,7-12,17,21H,5-6,13-16H2,1H3/t17-,21+/m0/s1. The molecule has 2 saturated heterocycles. The van der Waals surface area contributed by atoms with Crippen molar-refractivity contribution in [3.8, 4) is 11.5 Å². The maximum Gasteiger partial charge on any atom is 0.324 e. The van der Waals surface area contributed by atoms with Crippen molar-refractivity contribution >= 4 is 16.0 Å². The fourth-order valence-electron chi connectivity index (χ4n) is 4.21. The van der Waals surface area contributed by atoms with Gasteiger partial charge in [-0.15, -0.1) is 0 Å². The van der Waals surface area contributed by atoms with Crippen LogP contribution in [0, 0.1) is 0 Å². The van der Waals surface area contributed by atoms with Gasteiger partial charge in [-0.3, -0.25) is 9.69 Å². The molecule has 30 heavy (non-hydrogen) atoms. The predicted molar refractivity (Wildman–Crippen MR) is 112 cm³/mol. The third kappa shape index (κ3) is 4.21. The number of hydrogen-bond acceptors (Lipinski definition) is 6. The van der Waals surface area contributed by atoms with Gasteiger partial charge in [0.05, 0.1) is 12.0 Å². The monoisotopic (exact) mass is 430 g/mol. The van der Waals surface area contributed by atoms with Crippen LogP contribution in [0.2, 0.25) is 0 Å². The molecule has 160 valence electrons. The average molecular weight is 431 g/mol. The third-order valence-corrected chi connectivity index (χ3v) is 7.66. The molecule has 0 radical (unpaired) electrons. The summed E-state index contributed by atoms with van der Waals surface area (Å²) in [6.45, 7) is 2.18. The van der Waals surface area contributed by atoms with Crippen LogP contribution in [0.5, 0.6) is 11.5 Å². The zero-order chi connectivity index (χ0) is 21.1. The zero-order valence-electron chi connectivity index (χ0n) is 16.9. The molecular formula is C22H26N2O5S. The average Bonchev–Trinajstić information content (AvgIpc) is 3.44. The van der Waals surface area contributed by atoms with Gasteiger partial charge in [-0.25, -0.2) is 8.42 Å². The van der Waals surface area contributed by atoms with Crippen molar-refractivity contribution in [2.45, 2.75) is 36.2 Å². The van der Waals surface area contributed by atoms with Crippen LogP contribution in [0.25, 0.3) is 0 Å². The number of methoxy groups -OCH3 is 1. The molecule has 2 fully saturated rings. The van der Waals surface area contributed by atoms with Crippen molar-refractivity contribution in [3.05, 3.63) is 54.6 Å². The van der Waals surface area contributed by atoms with Crippen molar-refractivity contribution in [1.82, 2.24) is 9.21 Å². The molecule has 2 aromatic rings. The third-order valence-electron chi connectivity index (χ3n) is 5.77. The van der Waals surface area contributed by atoms with Crippen molar-refractivity contribution in [2.75, 3.05) is 26.7 Å². The predicted octanol–water partition coefficient (Wildman–Crippen LogP) is 2.88. The molecule has 0 bridgehead atoms. The molecule has 0 aromatic heterocycles. The van der Waals surface area contributed by atoms with Gasteiger partial charge in [0.15, 0.2) is 0 Å². The molecule has 0 spiro atoms. The van der Waals surface area contributed by atoms with Gasteiger partial charge in [0.1, 0.15) is 17.5 Å². The minimum Gasteiger partial charge on any atom is -0.468 e. The number of rotatable bonds is 6. The minimum atomic E-state index is -3.84. The van der Waals surface area contributed by atoms with Gasteiger partial charge < -0.3 is 9.47 Å². The first-order valence-corrected chi connectivity index (χ1v) is 11.6. The van der Waals surface area contributed by atoms with Gasteiger partial charge in [0, 0.05) is 12.6 Å². The molecular weight excluding hydrogens is 404 g/mol. The van der Waals surface area contributed by atoms with E-state index in [0.717, 1.165) is 25.9 Å². The first-order valence-electron chi connectivity index (χ1n) is 10.2. The number of esters is 1. The van der Waals surface area contributed by atoms with E-state index >= 15 is 0 Å². The largest absolute Gasteiger partial charge is 0.468 e. The fraction of sp³-hybridized carbons (Fsp3) is 0.409. The normalized spacial score (nSPS) is 22.8. The van der Waals surface area contributed by atoms with Crippen LogP contribution in [0.3, 0.4) is 0 Å². The van der Waals surface area contributed by atoms with E-state index in [1.165, 1.54) is 23.5 Å². The van der Waals surface area contributed by atoms with Gasteiger partial charge in [0.25, 0.3) is 0 Å². The van der Waals surface area contributed by atoms with E-state index < -0.39 is 22.0 Å². The van der Waals surface area contributed by atoms with Gasteiger partial charge in [-0.1, -0.05) is 18.2 Å². The molecule has 4 rings (SSSR count). The van der Waals surface area contributed by atoms with Gasteiger partial charge >= 0.3 is 5.97 Å². The Morgan fingerprint density at radius 3 is 2.23 bits per heavy atom. The van der Waals surface area contributed by atoms with Crippen molar-refractivity contribution < 1.29 is 22.7 Å². The highest BCUT2D eigenvalue weighted by Crippen LogP contribution is 2.32. The molecule has 0 amide bonds. The van der Waals surface area contributed by atoms with E-state index in [1.807, 2.05) is 30.3 Å². The number of carbonyl (C=O) groups is 1. The first-order chi connectivity index (χ1) is 14.5. The Balaban J connectivity index is 1.55. The molecule has 7 nitrogen and oxygen atoms in total. The van der Waals surface area contributed by atoms with E-state index in [2.05, 4.69) is 4.90 Å². The molecule has 2 atom stereocenters. The Labute approximate surface area is 177 Å². The number of hydrogen-bond donors (Lipinski definition) is 0. The number of para-hydroxylation sites is 1. The van der Waals surface area contributed by atoms with E-state index in [9.17, 15) is 13.2 Å². The highest BCUT2D eigenvalue weighted by molar-refractivity contribution is 7.89. The fourth-order valence-corrected chi connectivity index (χ4v) is 5.84. The maximum atomic E-state index is 13.4. The molecule has 0 aliphatic carbocycles. The summed E-state index contributed by atoms with van der Waals surface area (Å²) in [7, 11) is -2.55. The van der Waals surface area contributed by atoms with Gasteiger partial charge in [-0.05, 0) is 68.8 Å². The lowest BCUT2D eigenvalue weighted by atomic mass is 10.1. The van der Waals surface area contributed by atoms with Crippen LogP contribution in [0.15, 0.2) is 59.5 Å². The van der Waals surface area contributed by atoms with Crippen LogP contribution in [-0.2, 0) is 19.6 Å². The Hall–Kier alpha value is -2.42. The van der Waals surface area contributed by atoms with Crippen LogP contribution in [0.4, 0.5) is 0 Å². The molecule has 0 unspecified atom stereocenters. The first kappa shape index (κ1) is 20.8. The number of nitrogens with zero attached hydrogens (tertiary/aromatic N) is 2. The number of carbonyl (C=O) groups excluding carboxylic acids is 1. The number of sulfonamides is 1. The van der Waals surface area contributed by atoms with Crippen LogP contribution >= 0.6 is 0 Å². The summed E-state index contributed by atoms with van der Waals surface area (Å²) >= 11 is 0. The van der Waals surface area contributed by atoms with E-state index in [0.29, 0.717) is 24.5 Å². The highest BCUT2D eigenvalue weighted by atomic mass is 32.2. The highest BCUT2D eigenvalue weighted by Gasteiger charge is 2.46. The maximum absolute atomic E-state index is 13.4. The SMILES string of the molecule is COC(=O)[C@H]1C[C@H](N2CCCC2)CN1S(=O)(=O)c1ccc(Oc2ccccc2)cc1. The summed E-state index contributed by atoms with van der Waals surface area (Å²) in [5.74, 6) is 0.706. The summed E-state index contributed by atoms with van der Waals surface area (Å²) in [6, 6.07) is 14.8. The second kappa shape index (κ2) is 8.75. The van der Waals surface area contributed by atoms with Gasteiger partial charge in [0.2, 0.25) is 10.0 Å². The Bertz CT molecular complexity index is 972. The Kier molecular flexibility index (Phi) is 6.08. The summed E-state index contributed by atoms with van der Waals surface area (Å²) in [5, 5.41) is 0. The van der Waals surface area contributed by atoms with Crippen LogP contribution < -0.4 is 4.74 Å². The zero-order valence-corrected chi connectivity index (χ0v) is 17.8. The summed E-state index contributed by atoms with van der Waals surface area (Å²) in [5.41, 5.74) is 0. The Morgan fingerprint density at radius 1 is 0.967 bits per heavy atom. The quantitative estimate of drug-likeness (QED) is 0.656. The number of benzene rings is 2. The lowest BCUT2D eigenvalue weighted by molar-refractivity contribution is -0.144. The molecule has 2 aromatic carbocycles. The number of ether oxygens (including phenoxy) is 2. The number of likely N-dealkylation sites (tertiary alicyclic amines) is 1. The molecule has 2 aliphatic heterocycles. The summed E-state index contributed by atoms with van der Waals surface area (Å²) in [6.07, 6.45) is 2.67. The van der Waals surface area contributed by atoms with Crippen molar-refractivity contribution in [1.29, 1.82) is 0 Å². The van der Waals surface area contributed by atoms with E-state index in [-0.39, 0.29) is 10.9 Å². The summed E-state index contributed by atoms with van der Waals surface area (Å²) in [4.78, 5) is 14.8. The van der Waals surface area contributed by atoms with E-state index in [1.54, 1.807) is 12.1 Å². The van der Waals surface area contributed by atoms with Crippen LogP contribution in [0.1, 0.15) is 19.3 Å². The lowest BCUT2D eigenvalue weighted by Crippen LogP contribution is -2.41. The Morgan fingerprint density at radius 2 is 1.60 bits per heavy atom. The molecule has 2 aliphatic rings. The van der Waals surface area contributed by atoms with E-state index in [4.69, 9.17) is 9.47 Å². The minimum absolute atomic E-state index is 0.0343. The van der Waals surface area contributed by atoms with Crippen LogP contribution in [-0.4, -0.2) is 62.4 Å². The summed E-state index contributed by atoms with van der Waals surface area (Å²) < 4.78 is 38.7. The lowest BCUT2D eigenvalue weighted by Gasteiger charge is -2.24. The van der Waals surface area contributed by atoms with Gasteiger partial charge in [-0.2, -0.15) is 4.31 Å². The van der Waals surface area contributed by atoms with Crippen molar-refractivity contribution in [2.24, 2.45) is 0 Å². The molecule has 0 N–H and O–H groups in total. The molecule has 0 saturated carbocycles. The molecule has 8 heteroatoms. The molecule has 2 heterocycles. The second-order valence-electron chi connectivity index (χ2n) is 7.63. The second-order valence-corrected chi connectivity index (χ2v) is 9.52. The smallest absolute Gasteiger partial charge is 0.324 e. The van der Waals surface area contributed by atoms with Crippen molar-refractivity contribution in [3.63, 3.8) is 0 Å². The topological polar surface area (TPSA) is 76.2 Å².